The molecule has 1 rings (SSSR count). The molecule has 0 aliphatic carbocycles. The zero-order valence-corrected chi connectivity index (χ0v) is 9.86. The average Bonchev–Trinajstić information content (AvgIpc) is 2.66. The van der Waals surface area contributed by atoms with Crippen LogP contribution in [0.25, 0.3) is 0 Å². The van der Waals surface area contributed by atoms with Gasteiger partial charge in [0, 0.05) is 25.4 Å². The summed E-state index contributed by atoms with van der Waals surface area (Å²) in [5, 5.41) is 4.23. The minimum atomic E-state index is -0.268. The van der Waals surface area contributed by atoms with E-state index in [2.05, 4.69) is 18.9 Å². The number of nitrogens with zero attached hydrogens (tertiary/aromatic N) is 2. The van der Waals surface area contributed by atoms with Gasteiger partial charge in [0.25, 0.3) is 0 Å². The average molecular weight is 211 g/mol. The Bertz CT molecular complexity index is 298. The van der Waals surface area contributed by atoms with Gasteiger partial charge in [-0.25, -0.2) is 0 Å². The third-order valence-electron chi connectivity index (χ3n) is 2.70. The van der Waals surface area contributed by atoms with E-state index in [4.69, 9.17) is 10.5 Å². The van der Waals surface area contributed by atoms with Gasteiger partial charge >= 0.3 is 0 Å². The van der Waals surface area contributed by atoms with Crippen molar-refractivity contribution in [3.05, 3.63) is 18.0 Å². The zero-order chi connectivity index (χ0) is 11.3. The van der Waals surface area contributed by atoms with E-state index in [1.165, 1.54) is 5.56 Å². The lowest BCUT2D eigenvalue weighted by Gasteiger charge is -2.26. The molecule has 0 saturated heterocycles. The summed E-state index contributed by atoms with van der Waals surface area (Å²) in [5.74, 6) is 0. The van der Waals surface area contributed by atoms with Gasteiger partial charge in [-0.15, -0.1) is 0 Å². The van der Waals surface area contributed by atoms with Gasteiger partial charge in [-0.05, 0) is 25.3 Å². The second kappa shape index (κ2) is 5.28. The van der Waals surface area contributed by atoms with Crippen LogP contribution in [0.15, 0.2) is 12.4 Å². The van der Waals surface area contributed by atoms with Crippen molar-refractivity contribution in [1.82, 2.24) is 9.78 Å². The van der Waals surface area contributed by atoms with Crippen LogP contribution in [0.1, 0.15) is 25.8 Å². The molecule has 0 fully saturated rings. The van der Waals surface area contributed by atoms with Crippen LogP contribution in [-0.4, -0.2) is 29.0 Å². The molecular weight excluding hydrogens is 190 g/mol. The Kier molecular flexibility index (Phi) is 4.29. The number of aryl methyl sites for hydroxylation is 1. The molecular formula is C11H21N3O. The first-order valence-corrected chi connectivity index (χ1v) is 5.42. The second-order valence-corrected chi connectivity index (χ2v) is 4.03. The third-order valence-corrected chi connectivity index (χ3v) is 2.70. The molecule has 0 aliphatic rings. The van der Waals surface area contributed by atoms with Crippen molar-refractivity contribution in [2.45, 2.75) is 38.8 Å². The Balaban J connectivity index is 2.65. The van der Waals surface area contributed by atoms with Crippen LogP contribution in [0.3, 0.4) is 0 Å². The molecule has 4 nitrogen and oxygen atoms in total. The van der Waals surface area contributed by atoms with Gasteiger partial charge in [0.1, 0.15) is 0 Å². The molecule has 1 atom stereocenters. The molecule has 0 bridgehead atoms. The molecule has 0 amide bonds. The largest absolute Gasteiger partial charge is 0.383 e. The lowest BCUT2D eigenvalue weighted by atomic mass is 9.91. The number of aromatic nitrogens is 2. The molecule has 1 aromatic heterocycles. The van der Waals surface area contributed by atoms with Crippen LogP contribution >= 0.6 is 0 Å². The van der Waals surface area contributed by atoms with E-state index in [1.807, 2.05) is 17.1 Å². The van der Waals surface area contributed by atoms with Crippen LogP contribution in [0, 0.1) is 0 Å². The van der Waals surface area contributed by atoms with Gasteiger partial charge in [-0.1, -0.05) is 6.92 Å². The van der Waals surface area contributed by atoms with E-state index >= 15 is 0 Å². The Morgan fingerprint density at radius 2 is 2.27 bits per heavy atom. The SMILES string of the molecule is CCn1cc(CC(N)(CC)COC)cn1. The van der Waals surface area contributed by atoms with Crippen molar-refractivity contribution in [2.75, 3.05) is 13.7 Å². The summed E-state index contributed by atoms with van der Waals surface area (Å²) >= 11 is 0. The van der Waals surface area contributed by atoms with E-state index in [9.17, 15) is 0 Å². The van der Waals surface area contributed by atoms with Crippen molar-refractivity contribution in [1.29, 1.82) is 0 Å². The Morgan fingerprint density at radius 1 is 1.53 bits per heavy atom. The van der Waals surface area contributed by atoms with Gasteiger partial charge in [0.15, 0.2) is 0 Å². The Morgan fingerprint density at radius 3 is 2.73 bits per heavy atom. The lowest BCUT2D eigenvalue weighted by Crippen LogP contribution is -2.45. The summed E-state index contributed by atoms with van der Waals surface area (Å²) in [7, 11) is 1.69. The molecule has 1 aromatic rings. The summed E-state index contributed by atoms with van der Waals surface area (Å²) in [4.78, 5) is 0. The fourth-order valence-corrected chi connectivity index (χ4v) is 1.64. The smallest absolute Gasteiger partial charge is 0.0645 e. The summed E-state index contributed by atoms with van der Waals surface area (Å²) in [6.07, 6.45) is 5.65. The first-order valence-electron chi connectivity index (χ1n) is 5.42. The number of nitrogens with two attached hydrogens (primary N) is 1. The fourth-order valence-electron chi connectivity index (χ4n) is 1.64. The minimum Gasteiger partial charge on any atom is -0.383 e. The van der Waals surface area contributed by atoms with Gasteiger partial charge in [0.05, 0.1) is 12.8 Å². The molecule has 0 saturated carbocycles. The summed E-state index contributed by atoms with van der Waals surface area (Å²) < 4.78 is 7.07. The molecule has 15 heavy (non-hydrogen) atoms. The Hall–Kier alpha value is -0.870. The van der Waals surface area contributed by atoms with E-state index in [1.54, 1.807) is 7.11 Å². The van der Waals surface area contributed by atoms with Crippen LogP contribution in [0.2, 0.25) is 0 Å². The zero-order valence-electron chi connectivity index (χ0n) is 9.86. The maximum Gasteiger partial charge on any atom is 0.0645 e. The maximum atomic E-state index is 6.23. The van der Waals surface area contributed by atoms with Gasteiger partial charge in [0.2, 0.25) is 0 Å². The number of ether oxygens (including phenoxy) is 1. The number of hydrogen-bond acceptors (Lipinski definition) is 3. The molecule has 0 aromatic carbocycles. The normalized spacial score (nSPS) is 15.2. The van der Waals surface area contributed by atoms with E-state index in [0.29, 0.717) is 6.61 Å². The number of methoxy groups -OCH3 is 1. The molecule has 2 N–H and O–H groups in total. The summed E-state index contributed by atoms with van der Waals surface area (Å²) in [6.45, 7) is 5.64. The molecule has 86 valence electrons. The van der Waals surface area contributed by atoms with Crippen molar-refractivity contribution in [3.8, 4) is 0 Å². The first-order chi connectivity index (χ1) is 7.13. The molecule has 4 heteroatoms. The van der Waals surface area contributed by atoms with Crippen LogP contribution < -0.4 is 5.73 Å². The van der Waals surface area contributed by atoms with Crippen molar-refractivity contribution in [2.24, 2.45) is 5.73 Å². The summed E-state index contributed by atoms with van der Waals surface area (Å²) in [5.41, 5.74) is 7.14. The Labute approximate surface area is 91.4 Å². The second-order valence-electron chi connectivity index (χ2n) is 4.03. The van der Waals surface area contributed by atoms with Crippen LogP contribution in [0.4, 0.5) is 0 Å². The molecule has 1 unspecified atom stereocenters. The lowest BCUT2D eigenvalue weighted by molar-refractivity contribution is 0.129. The quantitative estimate of drug-likeness (QED) is 0.769. The van der Waals surface area contributed by atoms with Crippen molar-refractivity contribution in [3.63, 3.8) is 0 Å². The molecule has 0 aliphatic heterocycles. The highest BCUT2D eigenvalue weighted by Crippen LogP contribution is 2.14. The fraction of sp³-hybridized carbons (Fsp3) is 0.727. The van der Waals surface area contributed by atoms with Crippen molar-refractivity contribution < 1.29 is 4.74 Å². The monoisotopic (exact) mass is 211 g/mol. The van der Waals surface area contributed by atoms with Crippen molar-refractivity contribution >= 4 is 0 Å². The predicted octanol–water partition coefficient (Wildman–Crippen LogP) is 1.20. The number of hydrogen-bond donors (Lipinski definition) is 1. The predicted molar refractivity (Wildman–Crippen MR) is 60.7 cm³/mol. The topological polar surface area (TPSA) is 53.1 Å². The van der Waals surface area contributed by atoms with Gasteiger partial charge < -0.3 is 10.5 Å². The first kappa shape index (κ1) is 12.2. The standard InChI is InChI=1S/C11H21N3O/c1-4-11(12,9-15-3)6-10-7-13-14(5-2)8-10/h7-8H,4-6,9,12H2,1-3H3. The van der Waals surface area contributed by atoms with E-state index in [0.717, 1.165) is 19.4 Å². The molecule has 1 heterocycles. The third kappa shape index (κ3) is 3.32. The highest BCUT2D eigenvalue weighted by atomic mass is 16.5. The summed E-state index contributed by atoms with van der Waals surface area (Å²) in [6, 6.07) is 0. The van der Waals surface area contributed by atoms with E-state index < -0.39 is 0 Å². The highest BCUT2D eigenvalue weighted by molar-refractivity contribution is 5.09. The minimum absolute atomic E-state index is 0.268. The molecule has 0 spiro atoms. The van der Waals surface area contributed by atoms with Crippen LogP contribution in [-0.2, 0) is 17.7 Å². The van der Waals surface area contributed by atoms with Gasteiger partial charge in [-0.3, -0.25) is 4.68 Å². The van der Waals surface area contributed by atoms with Crippen LogP contribution in [0.5, 0.6) is 0 Å². The van der Waals surface area contributed by atoms with Gasteiger partial charge in [-0.2, -0.15) is 5.10 Å². The maximum absolute atomic E-state index is 6.23. The number of rotatable bonds is 6. The highest BCUT2D eigenvalue weighted by Gasteiger charge is 2.23. The molecule has 0 radical (unpaired) electrons. The van der Waals surface area contributed by atoms with E-state index in [-0.39, 0.29) is 5.54 Å².